The van der Waals surface area contributed by atoms with E-state index < -0.39 is 32.9 Å². The first kappa shape index (κ1) is 36.4. The van der Waals surface area contributed by atoms with E-state index in [1.165, 1.54) is 25.8 Å². The lowest BCUT2D eigenvalue weighted by molar-refractivity contribution is -0.251. The molecule has 13 heteroatoms. The summed E-state index contributed by atoms with van der Waals surface area (Å²) < 4.78 is 77.2. The number of sulfonamides is 1. The van der Waals surface area contributed by atoms with Crippen LogP contribution in [-0.2, 0) is 27.8 Å². The molecule has 3 aliphatic heterocycles. The van der Waals surface area contributed by atoms with Crippen LogP contribution < -0.4 is 9.46 Å². The third-order valence-electron chi connectivity index (χ3n) is 12.9. The van der Waals surface area contributed by atoms with Gasteiger partial charge in [-0.05, 0) is 118 Å². The molecule has 2 aliphatic carbocycles. The summed E-state index contributed by atoms with van der Waals surface area (Å²) in [4.78, 5) is 31.1. The molecule has 2 amide bonds. The Morgan fingerprint density at radius 1 is 0.943 bits per heavy atom. The molecule has 4 heterocycles. The first-order chi connectivity index (χ1) is 25.2. The van der Waals surface area contributed by atoms with Crippen molar-refractivity contribution in [2.24, 2.45) is 23.2 Å². The summed E-state index contributed by atoms with van der Waals surface area (Å²) >= 11 is 0. The second-order valence-corrected chi connectivity index (χ2v) is 18.9. The molecule has 5 aliphatic rings. The van der Waals surface area contributed by atoms with Crippen LogP contribution in [0.3, 0.4) is 0 Å². The van der Waals surface area contributed by atoms with Gasteiger partial charge in [0.25, 0.3) is 5.91 Å². The van der Waals surface area contributed by atoms with E-state index in [4.69, 9.17) is 4.74 Å². The van der Waals surface area contributed by atoms with Gasteiger partial charge < -0.3 is 14.2 Å². The average Bonchev–Trinajstić information content (AvgIpc) is 3.81. The van der Waals surface area contributed by atoms with Crippen LogP contribution >= 0.6 is 0 Å². The minimum atomic E-state index is -4.39. The summed E-state index contributed by atoms with van der Waals surface area (Å²) in [5, 5.41) is 0.206. The van der Waals surface area contributed by atoms with E-state index in [1.807, 2.05) is 17.0 Å². The minimum absolute atomic E-state index is 0.00939. The van der Waals surface area contributed by atoms with Crippen LogP contribution in [0, 0.1) is 23.2 Å². The van der Waals surface area contributed by atoms with Crippen molar-refractivity contribution in [1.82, 2.24) is 19.1 Å². The number of fused-ring (bicyclic) bond motifs is 9. The fraction of sp³-hybridized carbons (Fsp3) is 0.600. The Balaban J connectivity index is 1.26. The highest BCUT2D eigenvalue weighted by Crippen LogP contribution is 2.60. The van der Waals surface area contributed by atoms with Crippen LogP contribution in [0.4, 0.5) is 13.2 Å². The van der Waals surface area contributed by atoms with Gasteiger partial charge in [-0.3, -0.25) is 9.59 Å². The zero-order valence-corrected chi connectivity index (χ0v) is 31.5. The molecule has 8 rings (SSSR count). The number of ether oxygens (including phenoxy) is 1. The average molecular weight is 755 g/mol. The number of halogens is 3. The molecule has 3 aromatic rings. The van der Waals surface area contributed by atoms with E-state index in [0.717, 1.165) is 59.2 Å². The number of carbonyl (C=O) groups excluding carboxylic acids is 2. The Hall–Kier alpha value is -3.58. The van der Waals surface area contributed by atoms with Crippen LogP contribution in [0.1, 0.15) is 92.6 Å². The number of amides is 2. The van der Waals surface area contributed by atoms with Crippen molar-refractivity contribution in [2.75, 3.05) is 33.3 Å². The van der Waals surface area contributed by atoms with E-state index >= 15 is 4.79 Å². The molecule has 53 heavy (non-hydrogen) atoms. The fourth-order valence-electron chi connectivity index (χ4n) is 9.93. The van der Waals surface area contributed by atoms with Crippen molar-refractivity contribution in [1.29, 1.82) is 0 Å². The summed E-state index contributed by atoms with van der Waals surface area (Å²) in [6.07, 6.45) is 3.68. The zero-order valence-electron chi connectivity index (χ0n) is 30.7. The molecule has 286 valence electrons. The van der Waals surface area contributed by atoms with Gasteiger partial charge in [-0.1, -0.05) is 25.3 Å². The number of hydrogen-bond acceptors (Lipinski definition) is 6. The lowest BCUT2D eigenvalue weighted by Crippen LogP contribution is -2.51. The maximum atomic E-state index is 15.1. The molecule has 4 atom stereocenters. The predicted molar refractivity (Wildman–Crippen MR) is 196 cm³/mol. The number of nitrogens with zero attached hydrogens (tertiary/aromatic N) is 3. The van der Waals surface area contributed by atoms with Crippen LogP contribution in [0.5, 0.6) is 5.75 Å². The number of hydrogen-bond donors (Lipinski definition) is 1. The molecule has 2 bridgehead atoms. The molecule has 1 N–H and O–H groups in total. The van der Waals surface area contributed by atoms with Gasteiger partial charge in [0.15, 0.2) is 0 Å². The lowest BCUT2D eigenvalue weighted by atomic mass is 9.80. The molecule has 2 saturated carbocycles. The first-order valence-corrected chi connectivity index (χ1v) is 20.7. The Labute approximate surface area is 309 Å². The van der Waals surface area contributed by atoms with E-state index in [2.05, 4.69) is 21.4 Å². The summed E-state index contributed by atoms with van der Waals surface area (Å²) in [6.45, 7) is 3.83. The zero-order chi connectivity index (χ0) is 37.4. The van der Waals surface area contributed by atoms with Crippen LogP contribution in [0.2, 0.25) is 0 Å². The standard InChI is InChI=1S/C40H49F3N4O5S/c1-24(2)53(50,51)44-37(48)28-11-13-33-34(17-28)47-23-39(38(49)45-19-25-9-10-26(20-45)22-46(21-25)40(41,42)43)18-30(39)15-29-16-31(52-3)12-14-32(29)36(47)35(33)27-7-5-4-6-8-27/h11-14,16-17,24-27,30H,4-10,15,18-23H2,1-3H3,(H,44,48)/t25-,26+,30-,39+/m1/s1. The van der Waals surface area contributed by atoms with Gasteiger partial charge >= 0.3 is 6.30 Å². The highest BCUT2D eigenvalue weighted by atomic mass is 32.2. The van der Waals surface area contributed by atoms with Gasteiger partial charge in [0.05, 0.1) is 23.5 Å². The molecular formula is C40H49F3N4O5S. The van der Waals surface area contributed by atoms with Gasteiger partial charge in [0.2, 0.25) is 15.9 Å². The third-order valence-corrected chi connectivity index (χ3v) is 14.6. The topological polar surface area (TPSA) is 101 Å². The van der Waals surface area contributed by atoms with E-state index in [-0.39, 0.29) is 48.2 Å². The SMILES string of the molecule is COc1ccc2c(c1)C[C@@H]1C[C@]1(C(=O)N1C[C@H]3CC[C@@H](C1)CN(C(F)(F)F)C3)Cn1c-2c(C2CCCCC2)c2ccc(C(=O)NS(=O)(=O)C(C)C)cc21. The van der Waals surface area contributed by atoms with Gasteiger partial charge in [0.1, 0.15) is 5.75 Å². The van der Waals surface area contributed by atoms with Crippen molar-refractivity contribution in [3.63, 3.8) is 0 Å². The molecule has 2 aromatic carbocycles. The number of aromatic nitrogens is 1. The summed E-state index contributed by atoms with van der Waals surface area (Å²) in [6, 6.07) is 11.6. The van der Waals surface area contributed by atoms with Crippen LogP contribution in [0.15, 0.2) is 36.4 Å². The number of carbonyl (C=O) groups is 2. The minimum Gasteiger partial charge on any atom is -0.497 e. The number of rotatable bonds is 6. The number of nitrogens with one attached hydrogen (secondary N) is 1. The lowest BCUT2D eigenvalue weighted by Gasteiger charge is -2.37. The van der Waals surface area contributed by atoms with Crippen molar-refractivity contribution in [2.45, 2.75) is 95.6 Å². The Morgan fingerprint density at radius 2 is 1.64 bits per heavy atom. The third kappa shape index (κ3) is 6.53. The first-order valence-electron chi connectivity index (χ1n) is 19.2. The van der Waals surface area contributed by atoms with Crippen molar-refractivity contribution in [3.05, 3.63) is 53.1 Å². The molecule has 0 unspecified atom stereocenters. The fourth-order valence-corrected chi connectivity index (χ4v) is 10.5. The highest BCUT2D eigenvalue weighted by molar-refractivity contribution is 7.90. The Bertz CT molecular complexity index is 2040. The predicted octanol–water partition coefficient (Wildman–Crippen LogP) is 7.09. The van der Waals surface area contributed by atoms with Crippen molar-refractivity contribution >= 4 is 32.7 Å². The van der Waals surface area contributed by atoms with Gasteiger partial charge in [0, 0.05) is 54.8 Å². The van der Waals surface area contributed by atoms with Crippen molar-refractivity contribution < 1.29 is 35.9 Å². The van der Waals surface area contributed by atoms with E-state index in [9.17, 15) is 26.4 Å². The van der Waals surface area contributed by atoms with Crippen molar-refractivity contribution in [3.8, 4) is 17.0 Å². The molecule has 2 saturated heterocycles. The molecule has 1 aromatic heterocycles. The normalized spacial score (nSPS) is 26.5. The summed E-state index contributed by atoms with van der Waals surface area (Å²) in [5.74, 6) is -0.207. The second kappa shape index (κ2) is 13.3. The largest absolute Gasteiger partial charge is 0.497 e. The Kier molecular flexibility index (Phi) is 9.15. The quantitative estimate of drug-likeness (QED) is 0.270. The molecule has 0 spiro atoms. The van der Waals surface area contributed by atoms with Crippen LogP contribution in [0.25, 0.3) is 22.2 Å². The van der Waals surface area contributed by atoms with Gasteiger partial charge in [-0.25, -0.2) is 18.0 Å². The van der Waals surface area contributed by atoms with E-state index in [1.54, 1.807) is 19.2 Å². The Morgan fingerprint density at radius 3 is 2.28 bits per heavy atom. The maximum Gasteiger partial charge on any atom is 0.459 e. The van der Waals surface area contributed by atoms with Crippen LogP contribution in [-0.4, -0.2) is 79.4 Å². The second-order valence-electron chi connectivity index (χ2n) is 16.6. The number of methoxy groups -OCH3 is 1. The van der Waals surface area contributed by atoms with E-state index in [0.29, 0.717) is 50.2 Å². The van der Waals surface area contributed by atoms with Gasteiger partial charge in [-0.2, -0.15) is 13.2 Å². The van der Waals surface area contributed by atoms with Gasteiger partial charge in [-0.15, -0.1) is 0 Å². The molecular weight excluding hydrogens is 706 g/mol. The smallest absolute Gasteiger partial charge is 0.459 e. The molecule has 9 nitrogen and oxygen atoms in total. The number of alkyl halides is 3. The maximum absolute atomic E-state index is 15.1. The highest BCUT2D eigenvalue weighted by Gasteiger charge is 2.62. The summed E-state index contributed by atoms with van der Waals surface area (Å²) in [7, 11) is -2.23. The monoisotopic (exact) mass is 754 g/mol. The summed E-state index contributed by atoms with van der Waals surface area (Å²) in [5.41, 5.74) is 4.61. The molecule has 0 radical (unpaired) electrons. The number of benzene rings is 2. The number of likely N-dealkylation sites (tertiary alicyclic amines) is 2. The molecule has 4 fully saturated rings.